The van der Waals surface area contributed by atoms with Gasteiger partial charge < -0.3 is 14.6 Å². The minimum absolute atomic E-state index is 0.470. The Morgan fingerprint density at radius 3 is 2.63 bits per heavy atom. The first-order chi connectivity index (χ1) is 14.8. The first kappa shape index (κ1) is 18.4. The smallest absolute Gasteiger partial charge is 0.228 e. The maximum Gasteiger partial charge on any atom is 0.228 e. The molecule has 30 heavy (non-hydrogen) atoms. The summed E-state index contributed by atoms with van der Waals surface area (Å²) < 4.78 is 12.3. The molecule has 1 N–H and O–H groups in total. The van der Waals surface area contributed by atoms with Crippen molar-refractivity contribution in [3.63, 3.8) is 0 Å². The van der Waals surface area contributed by atoms with Crippen molar-refractivity contribution in [1.29, 1.82) is 0 Å². The summed E-state index contributed by atoms with van der Waals surface area (Å²) in [7, 11) is 0. The van der Waals surface area contributed by atoms with E-state index in [4.69, 9.17) is 9.26 Å². The quantitative estimate of drug-likeness (QED) is 0.521. The highest BCUT2D eigenvalue weighted by atomic mass is 16.5. The third-order valence-electron chi connectivity index (χ3n) is 5.03. The largest absolute Gasteiger partial charge is 0.381 e. The van der Waals surface area contributed by atoms with Crippen molar-refractivity contribution in [1.82, 2.24) is 29.9 Å². The Morgan fingerprint density at radius 1 is 0.967 bits per heavy atom. The number of ether oxygens (including phenoxy) is 1. The SMILES string of the molecule is c1cc(-c2ccon2)nc(-c2ccnc(Nc3ccn(CC4CCOCC4)n3)n2)c1. The molecular formula is C21H21N7O2. The summed E-state index contributed by atoms with van der Waals surface area (Å²) in [6.45, 7) is 2.57. The Bertz CT molecular complexity index is 1100. The third kappa shape index (κ3) is 4.20. The van der Waals surface area contributed by atoms with E-state index < -0.39 is 0 Å². The highest BCUT2D eigenvalue weighted by molar-refractivity contribution is 5.62. The Labute approximate surface area is 173 Å². The summed E-state index contributed by atoms with van der Waals surface area (Å²) in [5.41, 5.74) is 2.84. The van der Waals surface area contributed by atoms with Crippen LogP contribution in [0.1, 0.15) is 12.8 Å². The maximum atomic E-state index is 5.43. The van der Waals surface area contributed by atoms with Crippen molar-refractivity contribution in [3.8, 4) is 22.8 Å². The minimum atomic E-state index is 0.470. The number of pyridine rings is 1. The molecule has 0 radical (unpaired) electrons. The molecule has 0 bridgehead atoms. The van der Waals surface area contributed by atoms with Crippen LogP contribution in [-0.2, 0) is 11.3 Å². The molecule has 1 saturated heterocycles. The van der Waals surface area contributed by atoms with Gasteiger partial charge in [0.15, 0.2) is 5.82 Å². The average molecular weight is 403 g/mol. The standard InChI is InChI=1S/C21H21N7O2/c1-2-16(23-17(3-1)19-8-13-30-27-19)18-4-9-22-21(24-18)25-20-5-10-28(26-20)14-15-6-11-29-12-7-15/h1-5,8-10,13,15H,6-7,11-12,14H2,(H,22,24,25,26). The lowest BCUT2D eigenvalue weighted by Gasteiger charge is -2.21. The molecule has 4 aromatic rings. The molecule has 9 heteroatoms. The molecule has 152 valence electrons. The van der Waals surface area contributed by atoms with Crippen LogP contribution in [-0.4, -0.2) is 43.1 Å². The van der Waals surface area contributed by atoms with Gasteiger partial charge in [-0.2, -0.15) is 5.10 Å². The van der Waals surface area contributed by atoms with Gasteiger partial charge in [-0.05, 0) is 37.0 Å². The number of hydrogen-bond donors (Lipinski definition) is 1. The van der Waals surface area contributed by atoms with Gasteiger partial charge in [-0.15, -0.1) is 0 Å². The van der Waals surface area contributed by atoms with Crippen molar-refractivity contribution < 1.29 is 9.26 Å². The number of hydrogen-bond acceptors (Lipinski definition) is 8. The lowest BCUT2D eigenvalue weighted by molar-refractivity contribution is 0.0602. The lowest BCUT2D eigenvalue weighted by Crippen LogP contribution is -2.20. The minimum Gasteiger partial charge on any atom is -0.381 e. The predicted molar refractivity (Wildman–Crippen MR) is 110 cm³/mol. The fourth-order valence-electron chi connectivity index (χ4n) is 3.46. The summed E-state index contributed by atoms with van der Waals surface area (Å²) >= 11 is 0. The van der Waals surface area contributed by atoms with E-state index in [-0.39, 0.29) is 0 Å². The van der Waals surface area contributed by atoms with Crippen molar-refractivity contribution in [2.24, 2.45) is 5.92 Å². The van der Waals surface area contributed by atoms with Gasteiger partial charge in [0.1, 0.15) is 12.0 Å². The van der Waals surface area contributed by atoms with Gasteiger partial charge in [0.25, 0.3) is 0 Å². The van der Waals surface area contributed by atoms with Gasteiger partial charge in [0, 0.05) is 44.3 Å². The van der Waals surface area contributed by atoms with Crippen LogP contribution < -0.4 is 5.32 Å². The second-order valence-corrected chi connectivity index (χ2v) is 7.16. The molecule has 0 aromatic carbocycles. The van der Waals surface area contributed by atoms with Gasteiger partial charge in [0.05, 0.1) is 17.1 Å². The van der Waals surface area contributed by atoms with E-state index in [1.807, 2.05) is 41.2 Å². The Kier molecular flexibility index (Phi) is 5.17. The summed E-state index contributed by atoms with van der Waals surface area (Å²) in [5, 5.41) is 11.7. The van der Waals surface area contributed by atoms with Crippen LogP contribution in [0.5, 0.6) is 0 Å². The van der Waals surface area contributed by atoms with Crippen LogP contribution in [0.3, 0.4) is 0 Å². The van der Waals surface area contributed by atoms with E-state index in [9.17, 15) is 0 Å². The van der Waals surface area contributed by atoms with Crippen molar-refractivity contribution in [2.75, 3.05) is 18.5 Å². The van der Waals surface area contributed by atoms with Gasteiger partial charge in [-0.3, -0.25) is 4.68 Å². The third-order valence-corrected chi connectivity index (χ3v) is 5.03. The second-order valence-electron chi connectivity index (χ2n) is 7.16. The monoisotopic (exact) mass is 403 g/mol. The summed E-state index contributed by atoms with van der Waals surface area (Å²) in [5.74, 6) is 1.79. The normalized spacial score (nSPS) is 14.7. The molecule has 1 aliphatic heterocycles. The van der Waals surface area contributed by atoms with E-state index in [1.165, 1.54) is 6.26 Å². The summed E-state index contributed by atoms with van der Waals surface area (Å²) in [6, 6.07) is 11.2. The molecule has 1 aliphatic rings. The molecule has 0 amide bonds. The van der Waals surface area contributed by atoms with Crippen LogP contribution in [0.2, 0.25) is 0 Å². The van der Waals surface area contributed by atoms with Gasteiger partial charge >= 0.3 is 0 Å². The first-order valence-corrected chi connectivity index (χ1v) is 9.93. The maximum absolute atomic E-state index is 5.43. The first-order valence-electron chi connectivity index (χ1n) is 9.93. The molecule has 0 spiro atoms. The van der Waals surface area contributed by atoms with E-state index >= 15 is 0 Å². The number of nitrogens with zero attached hydrogens (tertiary/aromatic N) is 6. The topological polar surface area (TPSA) is 104 Å². The number of rotatable bonds is 6. The Balaban J connectivity index is 1.30. The number of aromatic nitrogens is 6. The molecule has 9 nitrogen and oxygen atoms in total. The zero-order chi connectivity index (χ0) is 20.2. The fourth-order valence-corrected chi connectivity index (χ4v) is 3.46. The zero-order valence-electron chi connectivity index (χ0n) is 16.3. The number of anilines is 2. The van der Waals surface area contributed by atoms with E-state index in [0.717, 1.165) is 44.0 Å². The second kappa shape index (κ2) is 8.42. The molecule has 5 heterocycles. The van der Waals surface area contributed by atoms with Crippen LogP contribution >= 0.6 is 0 Å². The van der Waals surface area contributed by atoms with Crippen molar-refractivity contribution in [2.45, 2.75) is 19.4 Å². The zero-order valence-corrected chi connectivity index (χ0v) is 16.3. The fraction of sp³-hybridized carbons (Fsp3) is 0.286. The van der Waals surface area contributed by atoms with Gasteiger partial charge in [0.2, 0.25) is 5.95 Å². The van der Waals surface area contributed by atoms with Crippen molar-refractivity contribution >= 4 is 11.8 Å². The highest BCUT2D eigenvalue weighted by Gasteiger charge is 2.15. The Hall–Kier alpha value is -3.59. The molecule has 4 aromatic heterocycles. The Morgan fingerprint density at radius 2 is 1.80 bits per heavy atom. The van der Waals surface area contributed by atoms with E-state index in [2.05, 4.69) is 30.5 Å². The average Bonchev–Trinajstić information content (AvgIpc) is 3.48. The summed E-state index contributed by atoms with van der Waals surface area (Å²) in [4.78, 5) is 13.5. The molecule has 0 atom stereocenters. The van der Waals surface area contributed by atoms with Gasteiger partial charge in [-0.1, -0.05) is 11.2 Å². The lowest BCUT2D eigenvalue weighted by atomic mass is 10.0. The summed E-state index contributed by atoms with van der Waals surface area (Å²) in [6.07, 6.45) is 7.36. The predicted octanol–water partition coefficient (Wildman–Crippen LogP) is 3.56. The number of nitrogens with one attached hydrogen (secondary N) is 1. The van der Waals surface area contributed by atoms with Crippen molar-refractivity contribution in [3.05, 3.63) is 55.1 Å². The van der Waals surface area contributed by atoms with Crippen LogP contribution in [0.15, 0.2) is 59.6 Å². The molecule has 0 unspecified atom stereocenters. The van der Waals surface area contributed by atoms with E-state index in [1.54, 1.807) is 12.3 Å². The van der Waals surface area contributed by atoms with Crippen LogP contribution in [0.25, 0.3) is 22.8 Å². The molecule has 0 aliphatic carbocycles. The van der Waals surface area contributed by atoms with Crippen LogP contribution in [0.4, 0.5) is 11.8 Å². The molecule has 5 rings (SSSR count). The highest BCUT2D eigenvalue weighted by Crippen LogP contribution is 2.22. The van der Waals surface area contributed by atoms with Crippen LogP contribution in [0, 0.1) is 5.92 Å². The molecular weight excluding hydrogens is 382 g/mol. The van der Waals surface area contributed by atoms with Gasteiger partial charge in [-0.25, -0.2) is 15.0 Å². The van der Waals surface area contributed by atoms with E-state index in [0.29, 0.717) is 29.1 Å². The molecule has 0 saturated carbocycles. The molecule has 1 fully saturated rings.